The van der Waals surface area contributed by atoms with E-state index in [1.807, 2.05) is 17.0 Å². The molecule has 0 amide bonds. The van der Waals surface area contributed by atoms with Crippen LogP contribution in [0, 0.1) is 5.82 Å². The van der Waals surface area contributed by atoms with Crippen LogP contribution in [0.4, 0.5) is 10.1 Å². The van der Waals surface area contributed by atoms with Crippen LogP contribution >= 0.6 is 24.0 Å². The maximum Gasteiger partial charge on any atom is 0.189 e. The highest BCUT2D eigenvalue weighted by molar-refractivity contribution is 14.0. The van der Waals surface area contributed by atoms with Gasteiger partial charge in [-0.3, -0.25) is 0 Å². The van der Waals surface area contributed by atoms with Crippen LogP contribution in [0.3, 0.4) is 0 Å². The summed E-state index contributed by atoms with van der Waals surface area (Å²) in [5.41, 5.74) is 7.23. The minimum absolute atomic E-state index is 0. The van der Waals surface area contributed by atoms with Crippen LogP contribution in [0.1, 0.15) is 18.4 Å². The Kier molecular flexibility index (Phi) is 6.25. The molecule has 0 atom stereocenters. The van der Waals surface area contributed by atoms with Crippen LogP contribution in [0.15, 0.2) is 23.2 Å². The van der Waals surface area contributed by atoms with Crippen LogP contribution in [-0.2, 0) is 11.3 Å². The second kappa shape index (κ2) is 7.96. The van der Waals surface area contributed by atoms with Gasteiger partial charge in [-0.05, 0) is 30.5 Å². The summed E-state index contributed by atoms with van der Waals surface area (Å²) in [5.74, 6) is 0.230. The van der Waals surface area contributed by atoms with Crippen LogP contribution < -0.4 is 16.0 Å². The first kappa shape index (κ1) is 17.3. The van der Waals surface area contributed by atoms with Crippen molar-refractivity contribution in [1.82, 2.24) is 5.32 Å². The highest BCUT2D eigenvalue weighted by Crippen LogP contribution is 2.22. The summed E-state index contributed by atoms with van der Waals surface area (Å²) in [4.78, 5) is 6.25. The molecule has 122 valence electrons. The molecule has 5 nitrogen and oxygen atoms in total. The smallest absolute Gasteiger partial charge is 0.189 e. The van der Waals surface area contributed by atoms with Gasteiger partial charge in [0, 0.05) is 19.1 Å². The maximum absolute atomic E-state index is 14.2. The fourth-order valence-corrected chi connectivity index (χ4v) is 2.37. The Hall–Kier alpha value is -1.09. The normalized spacial score (nSPS) is 18.8. The Labute approximate surface area is 147 Å². The van der Waals surface area contributed by atoms with E-state index in [0.29, 0.717) is 37.4 Å². The van der Waals surface area contributed by atoms with Gasteiger partial charge in [-0.1, -0.05) is 6.07 Å². The molecule has 3 rings (SSSR count). The monoisotopic (exact) mass is 420 g/mol. The van der Waals surface area contributed by atoms with E-state index in [0.717, 1.165) is 31.5 Å². The third-order valence-corrected chi connectivity index (χ3v) is 3.73. The molecular weight excluding hydrogens is 398 g/mol. The fraction of sp³-hybridized carbons (Fsp3) is 0.533. The van der Waals surface area contributed by atoms with Gasteiger partial charge in [0.15, 0.2) is 5.96 Å². The van der Waals surface area contributed by atoms with Gasteiger partial charge in [-0.2, -0.15) is 0 Å². The summed E-state index contributed by atoms with van der Waals surface area (Å²) in [6.07, 6.45) is 2.30. The molecule has 0 unspecified atom stereocenters. The number of nitrogens with two attached hydrogens (primary N) is 1. The van der Waals surface area contributed by atoms with Crippen LogP contribution in [-0.4, -0.2) is 38.3 Å². The lowest BCUT2D eigenvalue weighted by molar-refractivity contribution is 0.122. The average molecular weight is 420 g/mol. The zero-order chi connectivity index (χ0) is 14.7. The van der Waals surface area contributed by atoms with E-state index in [4.69, 9.17) is 10.5 Å². The van der Waals surface area contributed by atoms with Crippen molar-refractivity contribution in [2.24, 2.45) is 10.7 Å². The van der Waals surface area contributed by atoms with Gasteiger partial charge in [0.1, 0.15) is 5.82 Å². The largest absolute Gasteiger partial charge is 0.378 e. The number of anilines is 1. The minimum atomic E-state index is -0.210. The maximum atomic E-state index is 14.2. The summed E-state index contributed by atoms with van der Waals surface area (Å²) < 4.78 is 19.5. The van der Waals surface area contributed by atoms with Gasteiger partial charge in [0.25, 0.3) is 0 Å². The van der Waals surface area contributed by atoms with Crippen molar-refractivity contribution in [3.63, 3.8) is 0 Å². The molecule has 7 heteroatoms. The summed E-state index contributed by atoms with van der Waals surface area (Å²) in [5, 5.41) is 3.11. The van der Waals surface area contributed by atoms with Crippen LogP contribution in [0.5, 0.6) is 0 Å². The molecule has 0 bridgehead atoms. The molecule has 1 aromatic carbocycles. The standard InChI is InChI=1S/C15H21FN4O.HI/c16-13-9-11(10-18-15(17)19-12-2-3-12)1-4-14(13)20-5-7-21-8-6-20;/h1,4,9,12H,2-3,5-8,10H2,(H3,17,18,19);1H. The molecule has 3 N–H and O–H groups in total. The quantitative estimate of drug-likeness (QED) is 0.444. The highest BCUT2D eigenvalue weighted by atomic mass is 127. The van der Waals surface area contributed by atoms with Crippen molar-refractivity contribution in [2.75, 3.05) is 31.2 Å². The summed E-state index contributed by atoms with van der Waals surface area (Å²) in [7, 11) is 0. The molecule has 1 aliphatic carbocycles. The van der Waals surface area contributed by atoms with Crippen LogP contribution in [0.25, 0.3) is 0 Å². The van der Waals surface area contributed by atoms with Crippen molar-refractivity contribution in [3.8, 4) is 0 Å². The van der Waals surface area contributed by atoms with Gasteiger partial charge in [-0.15, -0.1) is 24.0 Å². The summed E-state index contributed by atoms with van der Waals surface area (Å²) >= 11 is 0. The molecule has 0 spiro atoms. The second-order valence-corrected chi connectivity index (χ2v) is 5.51. The number of hydrogen-bond donors (Lipinski definition) is 2. The Morgan fingerprint density at radius 1 is 1.36 bits per heavy atom. The van der Waals surface area contributed by atoms with Crippen molar-refractivity contribution < 1.29 is 9.13 Å². The Morgan fingerprint density at radius 3 is 2.73 bits per heavy atom. The Balaban J connectivity index is 0.00000176. The van der Waals surface area contributed by atoms with Gasteiger partial charge in [0.05, 0.1) is 25.4 Å². The molecular formula is C15H22FIN4O. The van der Waals surface area contributed by atoms with E-state index in [-0.39, 0.29) is 29.8 Å². The molecule has 2 aliphatic rings. The first-order chi connectivity index (χ1) is 10.2. The van der Waals surface area contributed by atoms with E-state index in [1.54, 1.807) is 6.07 Å². The molecule has 1 saturated heterocycles. The lowest BCUT2D eigenvalue weighted by Gasteiger charge is -2.29. The third-order valence-electron chi connectivity index (χ3n) is 3.73. The zero-order valence-corrected chi connectivity index (χ0v) is 14.8. The highest BCUT2D eigenvalue weighted by Gasteiger charge is 2.21. The number of aliphatic imine (C=N–C) groups is 1. The number of guanidine groups is 1. The minimum Gasteiger partial charge on any atom is -0.378 e. The SMILES string of the molecule is I.NC(=NCc1ccc(N2CCOCC2)c(F)c1)NC1CC1. The Morgan fingerprint density at radius 2 is 2.09 bits per heavy atom. The van der Waals surface area contributed by atoms with Crippen molar-refractivity contribution in [1.29, 1.82) is 0 Å². The Bertz CT molecular complexity index is 530. The number of nitrogens with one attached hydrogen (secondary N) is 1. The van der Waals surface area contributed by atoms with Crippen LogP contribution in [0.2, 0.25) is 0 Å². The lowest BCUT2D eigenvalue weighted by Crippen LogP contribution is -2.36. The van der Waals surface area contributed by atoms with E-state index >= 15 is 0 Å². The second-order valence-electron chi connectivity index (χ2n) is 5.51. The molecule has 1 aliphatic heterocycles. The molecule has 22 heavy (non-hydrogen) atoms. The number of morpholine rings is 1. The molecule has 1 aromatic rings. The molecule has 2 fully saturated rings. The van der Waals surface area contributed by atoms with Gasteiger partial charge in [-0.25, -0.2) is 9.38 Å². The molecule has 1 saturated carbocycles. The van der Waals surface area contributed by atoms with Gasteiger partial charge >= 0.3 is 0 Å². The predicted molar refractivity (Wildman–Crippen MR) is 96.3 cm³/mol. The average Bonchev–Trinajstić information content (AvgIpc) is 3.30. The van der Waals surface area contributed by atoms with E-state index in [9.17, 15) is 4.39 Å². The van der Waals surface area contributed by atoms with Crippen molar-refractivity contribution in [3.05, 3.63) is 29.6 Å². The fourth-order valence-electron chi connectivity index (χ4n) is 2.37. The third kappa shape index (κ3) is 4.70. The number of nitrogens with zero attached hydrogens (tertiary/aromatic N) is 2. The molecule has 0 radical (unpaired) electrons. The summed E-state index contributed by atoms with van der Waals surface area (Å²) in [6, 6.07) is 5.74. The number of ether oxygens (including phenoxy) is 1. The molecule has 1 heterocycles. The number of rotatable bonds is 4. The van der Waals surface area contributed by atoms with E-state index in [1.165, 1.54) is 0 Å². The summed E-state index contributed by atoms with van der Waals surface area (Å²) in [6.45, 7) is 3.15. The first-order valence-corrected chi connectivity index (χ1v) is 7.40. The number of benzene rings is 1. The van der Waals surface area contributed by atoms with E-state index in [2.05, 4.69) is 10.3 Å². The van der Waals surface area contributed by atoms with Crippen molar-refractivity contribution >= 4 is 35.6 Å². The zero-order valence-electron chi connectivity index (χ0n) is 12.4. The number of halogens is 2. The van der Waals surface area contributed by atoms with Gasteiger partial charge in [0.2, 0.25) is 0 Å². The van der Waals surface area contributed by atoms with E-state index < -0.39 is 0 Å². The predicted octanol–water partition coefficient (Wildman–Crippen LogP) is 1.85. The number of hydrogen-bond acceptors (Lipinski definition) is 3. The van der Waals surface area contributed by atoms with Gasteiger partial charge < -0.3 is 20.7 Å². The topological polar surface area (TPSA) is 62.9 Å². The van der Waals surface area contributed by atoms with Crippen molar-refractivity contribution in [2.45, 2.75) is 25.4 Å². The lowest BCUT2D eigenvalue weighted by atomic mass is 10.1. The molecule has 0 aromatic heterocycles. The first-order valence-electron chi connectivity index (χ1n) is 7.40.